The summed E-state index contributed by atoms with van der Waals surface area (Å²) in [6.45, 7) is 3.36. The standard InChI is InChI=1S/C16H20BrNO3/c1-11-2-3-14(17)13(10-11)15(19)18-12-4-6-16(7-5-12)20-8-9-21-16/h2-3,10,12H,4-9H2,1H3,(H,18,19). The minimum atomic E-state index is -0.370. The normalized spacial score (nSPS) is 21.6. The molecule has 2 aliphatic rings. The predicted molar refractivity (Wildman–Crippen MR) is 83.2 cm³/mol. The van der Waals surface area contributed by atoms with Crippen molar-refractivity contribution < 1.29 is 14.3 Å². The first-order valence-electron chi connectivity index (χ1n) is 7.43. The first kappa shape index (κ1) is 15.0. The van der Waals surface area contributed by atoms with Crippen molar-refractivity contribution in [2.24, 2.45) is 0 Å². The molecule has 1 amide bonds. The highest BCUT2D eigenvalue weighted by molar-refractivity contribution is 9.10. The van der Waals surface area contributed by atoms with Crippen LogP contribution in [0.2, 0.25) is 0 Å². The molecule has 21 heavy (non-hydrogen) atoms. The number of rotatable bonds is 2. The van der Waals surface area contributed by atoms with Gasteiger partial charge in [0, 0.05) is 23.4 Å². The Kier molecular flexibility index (Phi) is 4.33. The van der Waals surface area contributed by atoms with E-state index in [1.807, 2.05) is 25.1 Å². The lowest BCUT2D eigenvalue weighted by atomic mass is 9.90. The van der Waals surface area contributed by atoms with Gasteiger partial charge in [-0.25, -0.2) is 0 Å². The molecule has 1 heterocycles. The fraction of sp³-hybridized carbons (Fsp3) is 0.562. The highest BCUT2D eigenvalue weighted by atomic mass is 79.9. The van der Waals surface area contributed by atoms with Gasteiger partial charge in [0.15, 0.2) is 5.79 Å². The van der Waals surface area contributed by atoms with Crippen LogP contribution in [0.15, 0.2) is 22.7 Å². The van der Waals surface area contributed by atoms with E-state index in [0.717, 1.165) is 35.7 Å². The van der Waals surface area contributed by atoms with E-state index >= 15 is 0 Å². The van der Waals surface area contributed by atoms with Crippen LogP contribution in [0.25, 0.3) is 0 Å². The van der Waals surface area contributed by atoms with Gasteiger partial charge in [-0.15, -0.1) is 0 Å². The van der Waals surface area contributed by atoms with Crippen molar-refractivity contribution in [1.82, 2.24) is 5.32 Å². The Labute approximate surface area is 133 Å². The minimum absolute atomic E-state index is 0.0141. The Morgan fingerprint density at radius 1 is 1.29 bits per heavy atom. The molecule has 1 aromatic carbocycles. The number of ether oxygens (including phenoxy) is 2. The van der Waals surface area contributed by atoms with Gasteiger partial charge >= 0.3 is 0 Å². The van der Waals surface area contributed by atoms with Crippen molar-refractivity contribution in [3.63, 3.8) is 0 Å². The number of carbonyl (C=O) groups is 1. The Hall–Kier alpha value is -0.910. The van der Waals surface area contributed by atoms with Crippen LogP contribution in [0, 0.1) is 6.92 Å². The molecule has 0 atom stereocenters. The van der Waals surface area contributed by atoms with Gasteiger partial charge in [0.2, 0.25) is 0 Å². The highest BCUT2D eigenvalue weighted by Gasteiger charge is 2.40. The number of hydrogen-bond acceptors (Lipinski definition) is 3. The zero-order valence-corrected chi connectivity index (χ0v) is 13.7. The molecule has 1 aromatic rings. The minimum Gasteiger partial charge on any atom is -0.349 e. The zero-order valence-electron chi connectivity index (χ0n) is 12.2. The molecule has 0 radical (unpaired) electrons. The first-order chi connectivity index (χ1) is 10.1. The van der Waals surface area contributed by atoms with Crippen LogP contribution in [-0.4, -0.2) is 30.9 Å². The summed E-state index contributed by atoms with van der Waals surface area (Å²) >= 11 is 3.44. The molecule has 0 aromatic heterocycles. The maximum absolute atomic E-state index is 12.4. The van der Waals surface area contributed by atoms with Gasteiger partial charge in [-0.2, -0.15) is 0 Å². The van der Waals surface area contributed by atoms with Gasteiger partial charge < -0.3 is 14.8 Å². The summed E-state index contributed by atoms with van der Waals surface area (Å²) in [6, 6.07) is 6.01. The first-order valence-corrected chi connectivity index (χ1v) is 8.22. The van der Waals surface area contributed by atoms with E-state index in [0.29, 0.717) is 18.8 Å². The van der Waals surface area contributed by atoms with Gasteiger partial charge in [-0.05, 0) is 47.8 Å². The highest BCUT2D eigenvalue weighted by Crippen LogP contribution is 2.35. The molecule has 114 valence electrons. The molecule has 1 aliphatic heterocycles. The van der Waals surface area contributed by atoms with Crippen molar-refractivity contribution >= 4 is 21.8 Å². The van der Waals surface area contributed by atoms with Crippen molar-refractivity contribution in [1.29, 1.82) is 0 Å². The smallest absolute Gasteiger partial charge is 0.252 e. The van der Waals surface area contributed by atoms with Crippen molar-refractivity contribution in [3.8, 4) is 0 Å². The second-order valence-electron chi connectivity index (χ2n) is 5.84. The molecular weight excluding hydrogens is 334 g/mol. The summed E-state index contributed by atoms with van der Waals surface area (Å²) in [5, 5.41) is 3.13. The molecule has 0 bridgehead atoms. The van der Waals surface area contributed by atoms with Gasteiger partial charge in [0.1, 0.15) is 0 Å². The number of hydrogen-bond donors (Lipinski definition) is 1. The number of aryl methyl sites for hydroxylation is 1. The Morgan fingerprint density at radius 3 is 2.62 bits per heavy atom. The number of benzene rings is 1. The zero-order chi connectivity index (χ0) is 14.9. The monoisotopic (exact) mass is 353 g/mol. The fourth-order valence-corrected chi connectivity index (χ4v) is 3.49. The largest absolute Gasteiger partial charge is 0.349 e. The lowest BCUT2D eigenvalue weighted by molar-refractivity contribution is -0.179. The van der Waals surface area contributed by atoms with Crippen LogP contribution in [-0.2, 0) is 9.47 Å². The predicted octanol–water partition coefficient (Wildman–Crippen LogP) is 3.17. The molecule has 4 nitrogen and oxygen atoms in total. The third-order valence-corrected chi connectivity index (χ3v) is 4.95. The van der Waals surface area contributed by atoms with Crippen LogP contribution in [0.5, 0.6) is 0 Å². The second kappa shape index (κ2) is 6.07. The number of halogens is 1. The molecule has 3 rings (SSSR count). The van der Waals surface area contributed by atoms with E-state index in [2.05, 4.69) is 21.2 Å². The summed E-state index contributed by atoms with van der Waals surface area (Å²) in [5.41, 5.74) is 1.78. The third kappa shape index (κ3) is 3.30. The fourth-order valence-electron chi connectivity index (χ4n) is 3.06. The van der Waals surface area contributed by atoms with Crippen LogP contribution < -0.4 is 5.32 Å². The van der Waals surface area contributed by atoms with Gasteiger partial charge in [0.05, 0.1) is 18.8 Å². The lowest BCUT2D eigenvalue weighted by Crippen LogP contribution is -2.44. The maximum Gasteiger partial charge on any atom is 0.252 e. The van der Waals surface area contributed by atoms with Gasteiger partial charge in [-0.1, -0.05) is 11.6 Å². The maximum atomic E-state index is 12.4. The second-order valence-corrected chi connectivity index (χ2v) is 6.69. The van der Waals surface area contributed by atoms with E-state index in [1.165, 1.54) is 0 Å². The summed E-state index contributed by atoms with van der Waals surface area (Å²) in [6.07, 6.45) is 3.50. The number of amides is 1. The quantitative estimate of drug-likeness (QED) is 0.888. The molecule has 1 saturated heterocycles. The van der Waals surface area contributed by atoms with Crippen molar-refractivity contribution in [2.45, 2.75) is 44.4 Å². The number of carbonyl (C=O) groups excluding carboxylic acids is 1. The van der Waals surface area contributed by atoms with Crippen LogP contribution in [0.4, 0.5) is 0 Å². The van der Waals surface area contributed by atoms with E-state index in [-0.39, 0.29) is 17.7 Å². The topological polar surface area (TPSA) is 47.6 Å². The summed E-state index contributed by atoms with van der Waals surface area (Å²) in [5.74, 6) is -0.384. The van der Waals surface area contributed by atoms with Crippen LogP contribution in [0.1, 0.15) is 41.6 Å². The molecule has 1 spiro atoms. The molecule has 1 N–H and O–H groups in total. The van der Waals surface area contributed by atoms with Gasteiger partial charge in [-0.3, -0.25) is 4.79 Å². The third-order valence-electron chi connectivity index (χ3n) is 4.26. The van der Waals surface area contributed by atoms with E-state index in [1.54, 1.807) is 0 Å². The van der Waals surface area contributed by atoms with Crippen LogP contribution >= 0.6 is 15.9 Å². The van der Waals surface area contributed by atoms with E-state index in [4.69, 9.17) is 9.47 Å². The van der Waals surface area contributed by atoms with Gasteiger partial charge in [0.25, 0.3) is 5.91 Å². The molecular formula is C16H20BrNO3. The average molecular weight is 354 g/mol. The lowest BCUT2D eigenvalue weighted by Gasteiger charge is -2.35. The molecule has 0 unspecified atom stereocenters. The SMILES string of the molecule is Cc1ccc(Br)c(C(=O)NC2CCC3(CC2)OCCO3)c1. The Morgan fingerprint density at radius 2 is 1.95 bits per heavy atom. The van der Waals surface area contributed by atoms with Crippen molar-refractivity contribution in [2.75, 3.05) is 13.2 Å². The Balaban J connectivity index is 1.60. The summed E-state index contributed by atoms with van der Waals surface area (Å²) in [7, 11) is 0. The van der Waals surface area contributed by atoms with E-state index in [9.17, 15) is 4.79 Å². The van der Waals surface area contributed by atoms with E-state index < -0.39 is 0 Å². The molecule has 2 fully saturated rings. The average Bonchev–Trinajstić information content (AvgIpc) is 2.93. The van der Waals surface area contributed by atoms with Crippen molar-refractivity contribution in [3.05, 3.63) is 33.8 Å². The molecule has 1 saturated carbocycles. The Bertz CT molecular complexity index is 530. The van der Waals surface area contributed by atoms with Crippen LogP contribution in [0.3, 0.4) is 0 Å². The molecule has 1 aliphatic carbocycles. The summed E-state index contributed by atoms with van der Waals surface area (Å²) in [4.78, 5) is 12.4. The molecule has 5 heteroatoms. The number of nitrogens with one attached hydrogen (secondary N) is 1. The summed E-state index contributed by atoms with van der Waals surface area (Å²) < 4.78 is 12.3.